The molecule has 74 valence electrons. The Labute approximate surface area is 100 Å². The zero-order valence-corrected chi connectivity index (χ0v) is 10.9. The summed E-state index contributed by atoms with van der Waals surface area (Å²) in [6.45, 7) is 0. The highest BCUT2D eigenvalue weighted by Gasteiger charge is 2.04. The Morgan fingerprint density at radius 2 is 2.14 bits per heavy atom. The quantitative estimate of drug-likeness (QED) is 0.814. The Kier molecular flexibility index (Phi) is 3.29. The third-order valence-corrected chi connectivity index (χ3v) is 3.55. The molecule has 0 aliphatic rings. The van der Waals surface area contributed by atoms with E-state index in [4.69, 9.17) is 0 Å². The molecule has 0 saturated carbocycles. The number of alkyl halides is 1. The largest absolute Gasteiger partial charge is 0.360 e. The average Bonchev–Trinajstić information content (AvgIpc) is 2.60. The maximum absolute atomic E-state index is 3.54. The fourth-order valence-electron chi connectivity index (χ4n) is 1.64. The van der Waals surface area contributed by atoms with Crippen LogP contribution in [0.25, 0.3) is 10.9 Å². The van der Waals surface area contributed by atoms with E-state index < -0.39 is 0 Å². The van der Waals surface area contributed by atoms with E-state index in [1.807, 2.05) is 0 Å². The van der Waals surface area contributed by atoms with Crippen LogP contribution >= 0.6 is 31.9 Å². The lowest BCUT2D eigenvalue weighted by Gasteiger charge is -1.97. The van der Waals surface area contributed by atoms with Gasteiger partial charge in [-0.3, -0.25) is 0 Å². The molecule has 1 aromatic heterocycles. The molecule has 1 aromatic carbocycles. The van der Waals surface area contributed by atoms with Gasteiger partial charge in [-0.2, -0.15) is 0 Å². The number of H-pyrrole nitrogens is 1. The Hall–Kier alpha value is -0.280. The highest BCUT2D eigenvalue weighted by Crippen LogP contribution is 2.26. The fourth-order valence-corrected chi connectivity index (χ4v) is 2.40. The normalized spacial score (nSPS) is 11.0. The molecule has 14 heavy (non-hydrogen) atoms. The van der Waals surface area contributed by atoms with E-state index in [1.54, 1.807) is 0 Å². The molecule has 0 radical (unpaired) electrons. The van der Waals surface area contributed by atoms with Crippen molar-refractivity contribution >= 4 is 42.8 Å². The Morgan fingerprint density at radius 1 is 1.29 bits per heavy atom. The first kappa shape index (κ1) is 10.2. The van der Waals surface area contributed by atoms with Crippen LogP contribution in [0.15, 0.2) is 28.9 Å². The third-order valence-electron chi connectivity index (χ3n) is 2.33. The minimum absolute atomic E-state index is 1.06. The molecule has 1 nitrogen and oxygen atoms in total. The lowest BCUT2D eigenvalue weighted by Crippen LogP contribution is -1.83. The second kappa shape index (κ2) is 4.49. The van der Waals surface area contributed by atoms with Gasteiger partial charge in [0.2, 0.25) is 0 Å². The van der Waals surface area contributed by atoms with E-state index in [0.29, 0.717) is 0 Å². The number of benzene rings is 1. The van der Waals surface area contributed by atoms with Crippen molar-refractivity contribution in [3.63, 3.8) is 0 Å². The van der Waals surface area contributed by atoms with Crippen molar-refractivity contribution in [2.24, 2.45) is 0 Å². The van der Waals surface area contributed by atoms with Crippen LogP contribution in [0, 0.1) is 0 Å². The number of aryl methyl sites for hydroxylation is 1. The summed E-state index contributed by atoms with van der Waals surface area (Å²) >= 11 is 6.99. The number of rotatable bonds is 3. The standard InChI is InChI=1S/C11H11Br2N/c12-6-2-3-8-7-14-11-9(8)4-1-5-10(11)13/h1,4-5,7,14H,2-3,6H2. The predicted octanol–water partition coefficient (Wildman–Crippen LogP) is 4.26. The Bertz CT molecular complexity index is 434. The van der Waals surface area contributed by atoms with Gasteiger partial charge in [-0.25, -0.2) is 0 Å². The van der Waals surface area contributed by atoms with Crippen LogP contribution in [-0.2, 0) is 6.42 Å². The van der Waals surface area contributed by atoms with E-state index in [1.165, 1.54) is 22.9 Å². The first-order chi connectivity index (χ1) is 6.83. The number of para-hydroxylation sites is 1. The van der Waals surface area contributed by atoms with Gasteiger partial charge < -0.3 is 4.98 Å². The van der Waals surface area contributed by atoms with Gasteiger partial charge >= 0.3 is 0 Å². The van der Waals surface area contributed by atoms with Crippen LogP contribution in [0.5, 0.6) is 0 Å². The maximum Gasteiger partial charge on any atom is 0.0601 e. The lowest BCUT2D eigenvalue weighted by atomic mass is 10.1. The summed E-state index contributed by atoms with van der Waals surface area (Å²) in [5, 5.41) is 2.40. The van der Waals surface area contributed by atoms with Crippen molar-refractivity contribution in [3.05, 3.63) is 34.4 Å². The number of fused-ring (bicyclic) bond motifs is 1. The minimum Gasteiger partial charge on any atom is -0.360 e. The van der Waals surface area contributed by atoms with Crippen molar-refractivity contribution in [2.75, 3.05) is 5.33 Å². The second-order valence-electron chi connectivity index (χ2n) is 3.27. The van der Waals surface area contributed by atoms with Gasteiger partial charge in [-0.1, -0.05) is 28.1 Å². The van der Waals surface area contributed by atoms with Crippen molar-refractivity contribution in [2.45, 2.75) is 12.8 Å². The van der Waals surface area contributed by atoms with E-state index in [2.05, 4.69) is 61.2 Å². The van der Waals surface area contributed by atoms with Gasteiger partial charge in [0, 0.05) is 21.4 Å². The van der Waals surface area contributed by atoms with E-state index in [9.17, 15) is 0 Å². The second-order valence-corrected chi connectivity index (χ2v) is 4.92. The smallest absolute Gasteiger partial charge is 0.0601 e. The maximum atomic E-state index is 3.54. The highest BCUT2D eigenvalue weighted by atomic mass is 79.9. The highest BCUT2D eigenvalue weighted by molar-refractivity contribution is 9.10. The van der Waals surface area contributed by atoms with Gasteiger partial charge in [0.1, 0.15) is 0 Å². The van der Waals surface area contributed by atoms with Crippen molar-refractivity contribution in [1.29, 1.82) is 0 Å². The van der Waals surface area contributed by atoms with E-state index in [0.717, 1.165) is 16.2 Å². The number of hydrogen-bond donors (Lipinski definition) is 1. The van der Waals surface area contributed by atoms with Crippen molar-refractivity contribution < 1.29 is 0 Å². The number of aromatic amines is 1. The van der Waals surface area contributed by atoms with Crippen LogP contribution in [0.1, 0.15) is 12.0 Å². The molecule has 0 saturated heterocycles. The first-order valence-corrected chi connectivity index (χ1v) is 6.55. The van der Waals surface area contributed by atoms with Crippen LogP contribution in [0.2, 0.25) is 0 Å². The number of aromatic nitrogens is 1. The summed E-state index contributed by atoms with van der Waals surface area (Å²) in [6, 6.07) is 6.31. The molecule has 0 atom stereocenters. The number of halogens is 2. The summed E-state index contributed by atoms with van der Waals surface area (Å²) in [5.74, 6) is 0. The summed E-state index contributed by atoms with van der Waals surface area (Å²) in [6.07, 6.45) is 4.42. The molecular formula is C11H11Br2N. The van der Waals surface area contributed by atoms with E-state index >= 15 is 0 Å². The van der Waals surface area contributed by atoms with Gasteiger partial charge in [-0.05, 0) is 40.4 Å². The molecule has 0 spiro atoms. The minimum atomic E-state index is 1.06. The summed E-state index contributed by atoms with van der Waals surface area (Å²) < 4.78 is 1.14. The number of nitrogens with one attached hydrogen (secondary N) is 1. The van der Waals surface area contributed by atoms with Crippen LogP contribution in [-0.4, -0.2) is 10.3 Å². The molecular weight excluding hydrogens is 306 g/mol. The predicted molar refractivity (Wildman–Crippen MR) is 68.1 cm³/mol. The zero-order valence-electron chi connectivity index (χ0n) is 7.69. The molecule has 0 bridgehead atoms. The van der Waals surface area contributed by atoms with Crippen LogP contribution < -0.4 is 0 Å². The molecule has 3 heteroatoms. The van der Waals surface area contributed by atoms with Crippen molar-refractivity contribution in [1.82, 2.24) is 4.98 Å². The molecule has 1 N–H and O–H groups in total. The van der Waals surface area contributed by atoms with E-state index in [-0.39, 0.29) is 0 Å². The summed E-state index contributed by atoms with van der Waals surface area (Å²) in [4.78, 5) is 3.30. The first-order valence-electron chi connectivity index (χ1n) is 4.63. The monoisotopic (exact) mass is 315 g/mol. The molecule has 0 aliphatic heterocycles. The third kappa shape index (κ3) is 1.89. The molecule has 0 aliphatic carbocycles. The molecule has 0 fully saturated rings. The number of hydrogen-bond acceptors (Lipinski definition) is 0. The fraction of sp³-hybridized carbons (Fsp3) is 0.273. The van der Waals surface area contributed by atoms with Crippen molar-refractivity contribution in [3.8, 4) is 0 Å². The molecule has 0 unspecified atom stereocenters. The van der Waals surface area contributed by atoms with Gasteiger partial charge in [-0.15, -0.1) is 0 Å². The lowest BCUT2D eigenvalue weighted by molar-refractivity contribution is 0.947. The topological polar surface area (TPSA) is 15.8 Å². The summed E-state index contributed by atoms with van der Waals surface area (Å²) in [5.41, 5.74) is 2.61. The van der Waals surface area contributed by atoms with Gasteiger partial charge in [0.05, 0.1) is 5.52 Å². The Morgan fingerprint density at radius 3 is 2.93 bits per heavy atom. The van der Waals surface area contributed by atoms with Crippen LogP contribution in [0.4, 0.5) is 0 Å². The molecule has 1 heterocycles. The SMILES string of the molecule is BrCCCc1c[nH]c2c(Br)cccc12. The zero-order chi connectivity index (χ0) is 9.97. The molecule has 0 amide bonds. The van der Waals surface area contributed by atoms with Gasteiger partial charge in [0.15, 0.2) is 0 Å². The molecule has 2 rings (SSSR count). The average molecular weight is 317 g/mol. The van der Waals surface area contributed by atoms with Crippen LogP contribution in [0.3, 0.4) is 0 Å². The molecule has 2 aromatic rings. The summed E-state index contributed by atoms with van der Waals surface area (Å²) in [7, 11) is 0. The Balaban J connectivity index is 2.42. The van der Waals surface area contributed by atoms with Gasteiger partial charge in [0.25, 0.3) is 0 Å².